The third kappa shape index (κ3) is 7.47. The van der Waals surface area contributed by atoms with Crippen LogP contribution in [0, 0.1) is 25.6 Å². The van der Waals surface area contributed by atoms with Crippen LogP contribution in [0.4, 0.5) is 10.1 Å². The molecule has 0 spiro atoms. The summed E-state index contributed by atoms with van der Waals surface area (Å²) in [5, 5.41) is 4.35. The Morgan fingerprint density at radius 3 is 2.49 bits per heavy atom. The van der Waals surface area contributed by atoms with Crippen molar-refractivity contribution in [3.05, 3.63) is 71.3 Å². The Bertz CT molecular complexity index is 1280. The van der Waals surface area contributed by atoms with Crippen molar-refractivity contribution in [3.63, 3.8) is 0 Å². The number of aromatic nitrogens is 4. The van der Waals surface area contributed by atoms with E-state index in [2.05, 4.69) is 33.8 Å². The van der Waals surface area contributed by atoms with Gasteiger partial charge in [-0.15, -0.1) is 0 Å². The predicted molar refractivity (Wildman–Crippen MR) is 148 cm³/mol. The van der Waals surface area contributed by atoms with Crippen LogP contribution in [-0.4, -0.2) is 74.1 Å². The molecule has 0 unspecified atom stereocenters. The summed E-state index contributed by atoms with van der Waals surface area (Å²) in [6.07, 6.45) is 4.73. The summed E-state index contributed by atoms with van der Waals surface area (Å²) in [4.78, 5) is 41.6. The fraction of sp³-hybridized carbons (Fsp3) is 0.483. The molecule has 1 aliphatic heterocycles. The van der Waals surface area contributed by atoms with Crippen molar-refractivity contribution in [3.8, 4) is 0 Å². The van der Waals surface area contributed by atoms with Crippen molar-refractivity contribution in [2.45, 2.75) is 53.6 Å². The topological polar surface area (TPSA) is 87.5 Å². The number of amides is 2. The highest BCUT2D eigenvalue weighted by Crippen LogP contribution is 2.26. The maximum atomic E-state index is 14.6. The van der Waals surface area contributed by atoms with Gasteiger partial charge in [0.1, 0.15) is 24.0 Å². The number of nitrogens with zero attached hydrogens (tertiary/aromatic N) is 7. The Morgan fingerprint density at radius 2 is 1.82 bits per heavy atom. The van der Waals surface area contributed by atoms with E-state index in [0.29, 0.717) is 47.5 Å². The summed E-state index contributed by atoms with van der Waals surface area (Å²) in [6, 6.07) is 7.91. The first-order valence-corrected chi connectivity index (χ1v) is 13.6. The Balaban J connectivity index is 1.70. The average Bonchev–Trinajstić information content (AvgIpc) is 3.21. The molecule has 2 amide bonds. The van der Waals surface area contributed by atoms with Gasteiger partial charge in [0.05, 0.1) is 5.56 Å². The molecule has 0 N–H and O–H groups in total. The van der Waals surface area contributed by atoms with Crippen molar-refractivity contribution in [2.75, 3.05) is 37.6 Å². The number of hydrogen-bond donors (Lipinski definition) is 0. The van der Waals surface area contributed by atoms with Crippen LogP contribution in [0.1, 0.15) is 54.3 Å². The van der Waals surface area contributed by atoms with Crippen LogP contribution in [0.2, 0.25) is 0 Å². The van der Waals surface area contributed by atoms with Gasteiger partial charge in [0.2, 0.25) is 5.91 Å². The molecule has 0 fully saturated rings. The Labute approximate surface area is 229 Å². The van der Waals surface area contributed by atoms with Crippen molar-refractivity contribution in [1.82, 2.24) is 29.5 Å². The quantitative estimate of drug-likeness (QED) is 0.493. The van der Waals surface area contributed by atoms with Gasteiger partial charge in [-0.25, -0.2) is 14.1 Å². The van der Waals surface area contributed by atoms with Crippen molar-refractivity contribution in [2.24, 2.45) is 5.92 Å². The summed E-state index contributed by atoms with van der Waals surface area (Å²) < 4.78 is 16.2. The number of fused-ring (bicyclic) bond motifs is 1. The molecule has 4 rings (SSSR count). The molecule has 3 aromatic rings. The normalized spacial score (nSPS) is 15.5. The van der Waals surface area contributed by atoms with E-state index in [1.165, 1.54) is 12.1 Å². The van der Waals surface area contributed by atoms with Gasteiger partial charge in [0.15, 0.2) is 0 Å². The standard InChI is InChI=1S/C29H38FN7O2/c1-21(2)18-34-12-6-14-35(28(38)20-37-23(4)32-22(3)33-37)19-25-16-26(30)9-10-27(25)36(15-7-13-34)29(39)24-8-5-11-31-17-24/h5,8-11,16-17,21H,6-7,12-15,18-20H2,1-4H3. The fourth-order valence-corrected chi connectivity index (χ4v) is 5.11. The summed E-state index contributed by atoms with van der Waals surface area (Å²) in [5.41, 5.74) is 1.65. The molecule has 9 nitrogen and oxygen atoms in total. The maximum absolute atomic E-state index is 14.6. The predicted octanol–water partition coefficient (Wildman–Crippen LogP) is 3.86. The van der Waals surface area contributed by atoms with Gasteiger partial charge in [-0.1, -0.05) is 13.8 Å². The highest BCUT2D eigenvalue weighted by Gasteiger charge is 2.25. The van der Waals surface area contributed by atoms with Crippen LogP contribution in [0.25, 0.3) is 0 Å². The second-order valence-electron chi connectivity index (χ2n) is 10.6. The minimum absolute atomic E-state index is 0.0470. The second kappa shape index (κ2) is 12.9. The number of aryl methyl sites for hydroxylation is 2. The molecule has 3 heterocycles. The number of benzene rings is 1. The first kappa shape index (κ1) is 28.4. The molecular weight excluding hydrogens is 497 g/mol. The van der Waals surface area contributed by atoms with Crippen LogP contribution in [-0.2, 0) is 17.9 Å². The third-order valence-corrected chi connectivity index (χ3v) is 6.83. The lowest BCUT2D eigenvalue weighted by molar-refractivity contribution is -0.132. The van der Waals surface area contributed by atoms with Gasteiger partial charge in [0.25, 0.3) is 5.91 Å². The molecule has 0 saturated heterocycles. The zero-order chi connectivity index (χ0) is 27.9. The molecular formula is C29H38FN7O2. The van der Waals surface area contributed by atoms with E-state index in [4.69, 9.17) is 0 Å². The first-order valence-electron chi connectivity index (χ1n) is 13.6. The zero-order valence-electron chi connectivity index (χ0n) is 23.3. The fourth-order valence-electron chi connectivity index (χ4n) is 5.11. The molecule has 0 radical (unpaired) electrons. The first-order chi connectivity index (χ1) is 18.7. The molecule has 1 aromatic carbocycles. The lowest BCUT2D eigenvalue weighted by Crippen LogP contribution is -2.40. The summed E-state index contributed by atoms with van der Waals surface area (Å²) in [7, 11) is 0. The molecule has 0 saturated carbocycles. The van der Waals surface area contributed by atoms with Crippen LogP contribution in [0.5, 0.6) is 0 Å². The van der Waals surface area contributed by atoms with Gasteiger partial charge in [-0.3, -0.25) is 14.6 Å². The molecule has 0 atom stereocenters. The van der Waals surface area contributed by atoms with Crippen molar-refractivity contribution in [1.29, 1.82) is 0 Å². The number of hydrogen-bond acceptors (Lipinski definition) is 6. The zero-order valence-corrected chi connectivity index (χ0v) is 23.3. The molecule has 2 aromatic heterocycles. The van der Waals surface area contributed by atoms with E-state index >= 15 is 0 Å². The van der Waals surface area contributed by atoms with Crippen LogP contribution >= 0.6 is 0 Å². The highest BCUT2D eigenvalue weighted by molar-refractivity contribution is 6.06. The number of rotatable bonds is 5. The van der Waals surface area contributed by atoms with Crippen LogP contribution in [0.3, 0.4) is 0 Å². The van der Waals surface area contributed by atoms with Gasteiger partial charge in [-0.05, 0) is 81.6 Å². The molecule has 0 bridgehead atoms. The Hall–Kier alpha value is -3.66. The van der Waals surface area contributed by atoms with Crippen LogP contribution in [0.15, 0.2) is 42.7 Å². The minimum atomic E-state index is -0.409. The lowest BCUT2D eigenvalue weighted by atomic mass is 10.1. The van der Waals surface area contributed by atoms with Gasteiger partial charge >= 0.3 is 0 Å². The number of carbonyl (C=O) groups is 2. The van der Waals surface area contributed by atoms with E-state index in [1.807, 2.05) is 6.92 Å². The van der Waals surface area contributed by atoms with Crippen molar-refractivity contribution >= 4 is 17.5 Å². The van der Waals surface area contributed by atoms with Gasteiger partial charge < -0.3 is 14.7 Å². The Kier molecular flexibility index (Phi) is 9.40. The number of pyridine rings is 1. The molecule has 208 valence electrons. The number of halogens is 1. The highest BCUT2D eigenvalue weighted by atomic mass is 19.1. The molecule has 10 heteroatoms. The summed E-state index contributed by atoms with van der Waals surface area (Å²) in [6.45, 7) is 11.8. The molecule has 39 heavy (non-hydrogen) atoms. The van der Waals surface area contributed by atoms with E-state index in [1.54, 1.807) is 52.0 Å². The van der Waals surface area contributed by atoms with Crippen molar-refractivity contribution < 1.29 is 14.0 Å². The number of anilines is 1. The molecule has 1 aliphatic rings. The number of carbonyl (C=O) groups excluding carboxylic acids is 2. The lowest BCUT2D eigenvalue weighted by Gasteiger charge is -2.32. The van der Waals surface area contributed by atoms with E-state index in [9.17, 15) is 14.0 Å². The van der Waals surface area contributed by atoms with Gasteiger partial charge in [0, 0.05) is 44.3 Å². The summed E-state index contributed by atoms with van der Waals surface area (Å²) >= 11 is 0. The largest absolute Gasteiger partial charge is 0.337 e. The summed E-state index contributed by atoms with van der Waals surface area (Å²) in [5.74, 6) is 1.03. The SMILES string of the molecule is Cc1nc(C)n(CC(=O)N2CCCN(CC(C)C)CCCN(C(=O)c3cccnc3)c3ccc(F)cc3C2)n1. The second-order valence-corrected chi connectivity index (χ2v) is 10.6. The van der Waals surface area contributed by atoms with Crippen LogP contribution < -0.4 is 4.90 Å². The van der Waals surface area contributed by atoms with E-state index in [-0.39, 0.29) is 24.9 Å². The van der Waals surface area contributed by atoms with E-state index in [0.717, 1.165) is 32.5 Å². The Morgan fingerprint density at radius 1 is 1.05 bits per heavy atom. The smallest absolute Gasteiger partial charge is 0.259 e. The minimum Gasteiger partial charge on any atom is -0.337 e. The average molecular weight is 536 g/mol. The molecule has 0 aliphatic carbocycles. The maximum Gasteiger partial charge on any atom is 0.259 e. The third-order valence-electron chi connectivity index (χ3n) is 6.83. The monoisotopic (exact) mass is 535 g/mol. The van der Waals surface area contributed by atoms with Gasteiger partial charge in [-0.2, -0.15) is 5.10 Å². The van der Waals surface area contributed by atoms with E-state index < -0.39 is 5.82 Å².